The van der Waals surface area contributed by atoms with E-state index >= 15 is 0 Å². The highest BCUT2D eigenvalue weighted by Crippen LogP contribution is 2.48. The molecule has 0 bridgehead atoms. The van der Waals surface area contributed by atoms with Crippen LogP contribution in [0.2, 0.25) is 10.0 Å². The van der Waals surface area contributed by atoms with Crippen LogP contribution in [0.3, 0.4) is 0 Å². The highest BCUT2D eigenvalue weighted by atomic mass is 79.9. The number of benzene rings is 2. The van der Waals surface area contributed by atoms with Crippen LogP contribution >= 0.6 is 39.1 Å². The molecule has 2 aromatic carbocycles. The maximum atomic E-state index is 14.8. The van der Waals surface area contributed by atoms with Gasteiger partial charge in [0.1, 0.15) is 0 Å². The summed E-state index contributed by atoms with van der Waals surface area (Å²) in [5.41, 5.74) is 6.68. The van der Waals surface area contributed by atoms with Gasteiger partial charge in [0.2, 0.25) is 0 Å². The number of hydrogen-bond acceptors (Lipinski definition) is 2. The lowest BCUT2D eigenvalue weighted by Gasteiger charge is -2.36. The number of alkyl halides is 2. The fourth-order valence-corrected chi connectivity index (χ4v) is 4.66. The van der Waals surface area contributed by atoms with E-state index in [0.717, 1.165) is 22.6 Å². The van der Waals surface area contributed by atoms with E-state index in [4.69, 9.17) is 28.9 Å². The number of rotatable bonds is 4. The topological polar surface area (TPSA) is 29.3 Å². The van der Waals surface area contributed by atoms with Gasteiger partial charge in [-0.15, -0.1) is 0 Å². The molecule has 0 amide bonds. The molecule has 3 rings (SSSR count). The Hall–Kier alpha value is -0.880. The highest BCUT2D eigenvalue weighted by molar-refractivity contribution is 9.10. The van der Waals surface area contributed by atoms with E-state index in [2.05, 4.69) is 15.9 Å². The van der Waals surface area contributed by atoms with Gasteiger partial charge in [0.15, 0.2) is 0 Å². The first-order chi connectivity index (χ1) is 12.2. The quantitative estimate of drug-likeness (QED) is 0.600. The van der Waals surface area contributed by atoms with Crippen molar-refractivity contribution in [2.75, 3.05) is 18.0 Å². The Morgan fingerprint density at radius 2 is 1.85 bits per heavy atom. The molecule has 1 saturated heterocycles. The second-order valence-corrected chi connectivity index (χ2v) is 8.51. The molecule has 0 aromatic heterocycles. The Bertz CT molecular complexity index is 805. The zero-order valence-corrected chi connectivity index (χ0v) is 17.3. The van der Waals surface area contributed by atoms with E-state index in [1.165, 1.54) is 0 Å². The van der Waals surface area contributed by atoms with Gasteiger partial charge in [0.25, 0.3) is 5.92 Å². The van der Waals surface area contributed by atoms with Crippen molar-refractivity contribution in [2.24, 2.45) is 5.73 Å². The monoisotopic (exact) mass is 462 g/mol. The molecular weight excluding hydrogens is 445 g/mol. The smallest absolute Gasteiger partial charge is 0.256 e. The number of nitrogens with two attached hydrogens (primary N) is 1. The first-order valence-electron chi connectivity index (χ1n) is 8.24. The van der Waals surface area contributed by atoms with E-state index in [9.17, 15) is 8.78 Å². The molecule has 0 spiro atoms. The van der Waals surface area contributed by atoms with Gasteiger partial charge in [0, 0.05) is 46.8 Å². The van der Waals surface area contributed by atoms with Gasteiger partial charge in [-0.25, -0.2) is 8.78 Å². The summed E-state index contributed by atoms with van der Waals surface area (Å²) in [7, 11) is 0. The maximum absolute atomic E-state index is 14.8. The second-order valence-electron chi connectivity index (χ2n) is 6.78. The molecule has 2 nitrogen and oxygen atoms in total. The SMILES string of the molecule is CC(F)(F)C1(c2cc(Cl)cc(Cl)c2)CCN(c2ccc(CN)c(Br)c2)C1. The Kier molecular flexibility index (Phi) is 5.55. The summed E-state index contributed by atoms with van der Waals surface area (Å²) in [5, 5.41) is 0.731. The van der Waals surface area contributed by atoms with Gasteiger partial charge in [-0.05, 0) is 47.9 Å². The summed E-state index contributed by atoms with van der Waals surface area (Å²) in [5.74, 6) is -2.93. The molecule has 1 aliphatic rings. The van der Waals surface area contributed by atoms with Crippen molar-refractivity contribution in [3.8, 4) is 0 Å². The Balaban J connectivity index is 2.00. The zero-order chi connectivity index (χ0) is 19.1. The van der Waals surface area contributed by atoms with E-state index in [0.29, 0.717) is 35.1 Å². The van der Waals surface area contributed by atoms with Crippen LogP contribution in [-0.4, -0.2) is 19.0 Å². The maximum Gasteiger partial charge on any atom is 0.256 e. The first kappa shape index (κ1) is 19.9. The van der Waals surface area contributed by atoms with Crippen LogP contribution < -0.4 is 10.6 Å². The van der Waals surface area contributed by atoms with Crippen molar-refractivity contribution >= 4 is 44.8 Å². The average molecular weight is 464 g/mol. The van der Waals surface area contributed by atoms with Gasteiger partial charge in [-0.3, -0.25) is 0 Å². The summed E-state index contributed by atoms with van der Waals surface area (Å²) < 4.78 is 30.4. The van der Waals surface area contributed by atoms with Crippen molar-refractivity contribution < 1.29 is 8.78 Å². The fourth-order valence-electron chi connectivity index (χ4n) is 3.61. The molecule has 1 unspecified atom stereocenters. The van der Waals surface area contributed by atoms with E-state index in [-0.39, 0.29) is 6.54 Å². The first-order valence-corrected chi connectivity index (χ1v) is 9.79. The van der Waals surface area contributed by atoms with Crippen LogP contribution in [0.25, 0.3) is 0 Å². The van der Waals surface area contributed by atoms with Gasteiger partial charge in [-0.1, -0.05) is 45.2 Å². The minimum atomic E-state index is -2.93. The summed E-state index contributed by atoms with van der Waals surface area (Å²) in [4.78, 5) is 1.97. The minimum Gasteiger partial charge on any atom is -0.370 e. The van der Waals surface area contributed by atoms with E-state index in [1.54, 1.807) is 18.2 Å². The normalized spacial score (nSPS) is 20.7. The summed E-state index contributed by atoms with van der Waals surface area (Å²) in [6, 6.07) is 10.5. The molecule has 0 saturated carbocycles. The molecule has 1 fully saturated rings. The van der Waals surface area contributed by atoms with Crippen molar-refractivity contribution in [2.45, 2.75) is 31.2 Å². The fraction of sp³-hybridized carbons (Fsp3) is 0.368. The molecule has 1 heterocycles. The Morgan fingerprint density at radius 1 is 1.19 bits per heavy atom. The lowest BCUT2D eigenvalue weighted by molar-refractivity contribution is -0.0533. The van der Waals surface area contributed by atoms with Crippen LogP contribution in [-0.2, 0) is 12.0 Å². The largest absolute Gasteiger partial charge is 0.370 e. The number of halogens is 5. The van der Waals surface area contributed by atoms with Crippen molar-refractivity contribution in [1.29, 1.82) is 0 Å². The minimum absolute atomic E-state index is 0.182. The van der Waals surface area contributed by atoms with Crippen molar-refractivity contribution in [3.05, 3.63) is 62.0 Å². The van der Waals surface area contributed by atoms with Gasteiger partial charge in [0.05, 0.1) is 5.41 Å². The number of nitrogens with zero attached hydrogens (tertiary/aromatic N) is 1. The van der Waals surface area contributed by atoms with Crippen LogP contribution in [0.4, 0.5) is 14.5 Å². The molecule has 26 heavy (non-hydrogen) atoms. The van der Waals surface area contributed by atoms with E-state index in [1.807, 2.05) is 23.1 Å². The molecule has 2 N–H and O–H groups in total. The van der Waals surface area contributed by atoms with Crippen LogP contribution in [0.15, 0.2) is 40.9 Å². The molecule has 1 atom stereocenters. The predicted octanol–water partition coefficient (Wildman–Crippen LogP) is 6.02. The van der Waals surface area contributed by atoms with Crippen molar-refractivity contribution in [1.82, 2.24) is 0 Å². The summed E-state index contributed by atoms with van der Waals surface area (Å²) >= 11 is 15.7. The molecule has 1 aliphatic heterocycles. The predicted molar refractivity (Wildman–Crippen MR) is 108 cm³/mol. The molecule has 2 aromatic rings. The van der Waals surface area contributed by atoms with Gasteiger partial charge >= 0.3 is 0 Å². The lowest BCUT2D eigenvalue weighted by Crippen LogP contribution is -2.45. The lowest BCUT2D eigenvalue weighted by atomic mass is 9.74. The Labute approximate surface area is 170 Å². The Morgan fingerprint density at radius 3 is 2.38 bits per heavy atom. The summed E-state index contributed by atoms with van der Waals surface area (Å²) in [6.07, 6.45) is 0.309. The average Bonchev–Trinajstić information content (AvgIpc) is 3.00. The summed E-state index contributed by atoms with van der Waals surface area (Å²) in [6.45, 7) is 2.08. The zero-order valence-electron chi connectivity index (χ0n) is 14.2. The van der Waals surface area contributed by atoms with Crippen molar-refractivity contribution in [3.63, 3.8) is 0 Å². The van der Waals surface area contributed by atoms with Crippen LogP contribution in [0.1, 0.15) is 24.5 Å². The number of hydrogen-bond donors (Lipinski definition) is 1. The van der Waals surface area contributed by atoms with Gasteiger partial charge < -0.3 is 10.6 Å². The molecule has 140 valence electrons. The molecule has 0 aliphatic carbocycles. The molecule has 7 heteroatoms. The third kappa shape index (κ3) is 3.59. The number of anilines is 1. The van der Waals surface area contributed by atoms with Crippen LogP contribution in [0.5, 0.6) is 0 Å². The molecule has 0 radical (unpaired) electrons. The standard InChI is InChI=1S/C19H19BrCl2F2N2/c1-18(23,24)19(13-6-14(21)8-15(22)7-13)4-5-26(11-19)16-3-2-12(10-25)17(20)9-16/h2-3,6-9H,4-5,10-11,25H2,1H3. The highest BCUT2D eigenvalue weighted by Gasteiger charge is 2.55. The van der Waals surface area contributed by atoms with Crippen LogP contribution in [0, 0.1) is 0 Å². The third-order valence-electron chi connectivity index (χ3n) is 5.15. The van der Waals surface area contributed by atoms with Gasteiger partial charge in [-0.2, -0.15) is 0 Å². The second kappa shape index (κ2) is 7.27. The third-order valence-corrected chi connectivity index (χ3v) is 6.32. The van der Waals surface area contributed by atoms with E-state index < -0.39 is 11.3 Å². The molecular formula is C19H19BrCl2F2N2.